The van der Waals surface area contributed by atoms with Gasteiger partial charge in [0, 0.05) is 31.1 Å². The van der Waals surface area contributed by atoms with Crippen LogP contribution in [0.25, 0.3) is 0 Å². The van der Waals surface area contributed by atoms with E-state index in [9.17, 15) is 4.79 Å². The first-order chi connectivity index (χ1) is 9.08. The lowest BCUT2D eigenvalue weighted by molar-refractivity contribution is 0.0953. The molecule has 3 N–H and O–H groups in total. The van der Waals surface area contributed by atoms with Gasteiger partial charge >= 0.3 is 0 Å². The first kappa shape index (κ1) is 15.2. The number of carbonyl (C=O) groups excluding carboxylic acids is 1. The fourth-order valence-corrected chi connectivity index (χ4v) is 1.79. The van der Waals surface area contributed by atoms with Gasteiger partial charge in [0.1, 0.15) is 0 Å². The summed E-state index contributed by atoms with van der Waals surface area (Å²) in [6.45, 7) is 5.73. The molecule has 1 aromatic carbocycles. The van der Waals surface area contributed by atoms with Gasteiger partial charge in [-0.15, -0.1) is 0 Å². The molecule has 0 saturated carbocycles. The first-order valence-corrected chi connectivity index (χ1v) is 6.29. The predicted octanol–water partition coefficient (Wildman–Crippen LogP) is 1.41. The molecular weight excluding hydrogens is 240 g/mol. The summed E-state index contributed by atoms with van der Waals surface area (Å²) in [7, 11) is 0. The molecule has 1 aromatic rings. The van der Waals surface area contributed by atoms with Gasteiger partial charge in [0.2, 0.25) is 0 Å². The molecule has 0 aromatic heterocycles. The van der Waals surface area contributed by atoms with Crippen molar-refractivity contribution in [3.05, 3.63) is 35.4 Å². The molecule has 1 rings (SSSR count). The van der Waals surface area contributed by atoms with Gasteiger partial charge in [-0.05, 0) is 31.5 Å². The summed E-state index contributed by atoms with van der Waals surface area (Å²) in [6, 6.07) is 9.86. The third-order valence-corrected chi connectivity index (χ3v) is 2.97. The Kier molecular flexibility index (Phi) is 6.00. The Balaban J connectivity index is 2.70. The van der Waals surface area contributed by atoms with Crippen molar-refractivity contribution >= 4 is 5.91 Å². The van der Waals surface area contributed by atoms with Crippen molar-refractivity contribution < 1.29 is 4.79 Å². The number of nitrogen functional groups attached to an aromatic ring is 1. The zero-order chi connectivity index (χ0) is 14.3. The van der Waals surface area contributed by atoms with Crippen LogP contribution >= 0.6 is 0 Å². The minimum atomic E-state index is -0.295. The largest absolute Gasteiger partial charge is 0.296 e. The van der Waals surface area contributed by atoms with Crippen LogP contribution in [0.2, 0.25) is 0 Å². The lowest BCUT2D eigenvalue weighted by Crippen LogP contribution is -2.31. The summed E-state index contributed by atoms with van der Waals surface area (Å²) in [4.78, 5) is 13.5. The zero-order valence-electron chi connectivity index (χ0n) is 11.4. The molecular formula is C14H20N4O. The molecule has 0 unspecified atom stereocenters. The average Bonchev–Trinajstić information content (AvgIpc) is 2.43. The van der Waals surface area contributed by atoms with E-state index in [-0.39, 0.29) is 5.91 Å². The highest BCUT2D eigenvalue weighted by molar-refractivity contribution is 5.93. The average molecular weight is 260 g/mol. The summed E-state index contributed by atoms with van der Waals surface area (Å²) < 4.78 is 0. The maximum Gasteiger partial charge on any atom is 0.265 e. The van der Waals surface area contributed by atoms with Crippen LogP contribution < -0.4 is 11.3 Å². The van der Waals surface area contributed by atoms with Crippen molar-refractivity contribution in [1.29, 1.82) is 5.26 Å². The molecule has 0 aliphatic carbocycles. The van der Waals surface area contributed by atoms with Crippen molar-refractivity contribution in [3.8, 4) is 6.07 Å². The van der Waals surface area contributed by atoms with E-state index in [1.165, 1.54) is 0 Å². The number of hydrazine groups is 1. The van der Waals surface area contributed by atoms with Crippen molar-refractivity contribution in [2.75, 3.05) is 6.54 Å². The van der Waals surface area contributed by atoms with Gasteiger partial charge in [0.05, 0.1) is 6.07 Å². The summed E-state index contributed by atoms with van der Waals surface area (Å²) in [5, 5.41) is 8.65. The van der Waals surface area contributed by atoms with Crippen molar-refractivity contribution in [3.63, 3.8) is 0 Å². The van der Waals surface area contributed by atoms with Crippen LogP contribution in [0.4, 0.5) is 0 Å². The van der Waals surface area contributed by atoms with Gasteiger partial charge in [-0.2, -0.15) is 5.26 Å². The Hall–Kier alpha value is -1.90. The Bertz CT molecular complexity index is 448. The number of amides is 1. The monoisotopic (exact) mass is 260 g/mol. The maximum absolute atomic E-state index is 11.3. The summed E-state index contributed by atoms with van der Waals surface area (Å²) in [5.74, 6) is 4.78. The normalized spacial score (nSPS) is 10.5. The van der Waals surface area contributed by atoms with E-state index in [1.807, 2.05) is 12.1 Å². The second kappa shape index (κ2) is 7.52. The van der Waals surface area contributed by atoms with Crippen LogP contribution in [0.5, 0.6) is 0 Å². The van der Waals surface area contributed by atoms with Gasteiger partial charge < -0.3 is 0 Å². The number of nitrogens with two attached hydrogens (primary N) is 1. The number of nitrogens with one attached hydrogen (secondary N) is 1. The summed E-state index contributed by atoms with van der Waals surface area (Å²) in [6.07, 6.45) is 0.520. The van der Waals surface area contributed by atoms with Crippen molar-refractivity contribution in [2.24, 2.45) is 5.84 Å². The maximum atomic E-state index is 11.3. The smallest absolute Gasteiger partial charge is 0.265 e. The SMILES string of the molecule is CC(C)N(CCC#N)Cc1ccc(C(=O)NN)cc1. The lowest BCUT2D eigenvalue weighted by atomic mass is 10.1. The first-order valence-electron chi connectivity index (χ1n) is 6.29. The van der Waals surface area contributed by atoms with E-state index in [4.69, 9.17) is 11.1 Å². The number of rotatable bonds is 6. The van der Waals surface area contributed by atoms with E-state index < -0.39 is 0 Å². The van der Waals surface area contributed by atoms with Crippen molar-refractivity contribution in [1.82, 2.24) is 10.3 Å². The zero-order valence-corrected chi connectivity index (χ0v) is 11.4. The molecule has 5 heteroatoms. The Labute approximate surface area is 114 Å². The number of hydrogen-bond donors (Lipinski definition) is 2. The molecule has 102 valence electrons. The molecule has 0 aliphatic rings. The number of hydrogen-bond acceptors (Lipinski definition) is 4. The van der Waals surface area contributed by atoms with Gasteiger partial charge in [-0.25, -0.2) is 5.84 Å². The third kappa shape index (κ3) is 4.70. The van der Waals surface area contributed by atoms with Crippen LogP contribution in [0.15, 0.2) is 24.3 Å². The molecule has 5 nitrogen and oxygen atoms in total. The van der Waals surface area contributed by atoms with Crippen LogP contribution in [-0.4, -0.2) is 23.4 Å². The Morgan fingerprint density at radius 2 is 2.05 bits per heavy atom. The van der Waals surface area contributed by atoms with Crippen LogP contribution in [0.3, 0.4) is 0 Å². The number of nitrogens with zero attached hydrogens (tertiary/aromatic N) is 2. The van der Waals surface area contributed by atoms with Crippen LogP contribution in [-0.2, 0) is 6.54 Å². The van der Waals surface area contributed by atoms with Gasteiger partial charge in [-0.1, -0.05) is 12.1 Å². The second-order valence-corrected chi connectivity index (χ2v) is 4.64. The van der Waals surface area contributed by atoms with Gasteiger partial charge in [0.15, 0.2) is 0 Å². The van der Waals surface area contributed by atoms with Gasteiger partial charge in [0.25, 0.3) is 5.91 Å². The molecule has 0 radical (unpaired) electrons. The minimum Gasteiger partial charge on any atom is -0.296 e. The fourth-order valence-electron chi connectivity index (χ4n) is 1.79. The molecule has 0 aliphatic heterocycles. The van der Waals surface area contributed by atoms with E-state index in [2.05, 4.69) is 30.2 Å². The van der Waals surface area contributed by atoms with E-state index in [0.717, 1.165) is 18.7 Å². The fraction of sp³-hybridized carbons (Fsp3) is 0.429. The standard InChI is InChI=1S/C14H20N4O/c1-11(2)18(9-3-8-15)10-12-4-6-13(7-5-12)14(19)17-16/h4-7,11H,3,9-10,16H2,1-2H3,(H,17,19). The molecule has 0 spiro atoms. The molecule has 1 amide bonds. The van der Waals surface area contributed by atoms with Crippen LogP contribution in [0, 0.1) is 11.3 Å². The summed E-state index contributed by atoms with van der Waals surface area (Å²) in [5.41, 5.74) is 3.75. The molecule has 19 heavy (non-hydrogen) atoms. The van der Waals surface area contributed by atoms with Crippen molar-refractivity contribution in [2.45, 2.75) is 32.9 Å². The number of carbonyl (C=O) groups is 1. The summed E-state index contributed by atoms with van der Waals surface area (Å²) >= 11 is 0. The molecule has 0 fully saturated rings. The number of nitriles is 1. The topological polar surface area (TPSA) is 82.2 Å². The van der Waals surface area contributed by atoms with E-state index >= 15 is 0 Å². The Morgan fingerprint density at radius 3 is 2.53 bits per heavy atom. The number of benzene rings is 1. The Morgan fingerprint density at radius 1 is 1.42 bits per heavy atom. The highest BCUT2D eigenvalue weighted by Crippen LogP contribution is 2.10. The van der Waals surface area contributed by atoms with E-state index in [1.54, 1.807) is 12.1 Å². The quantitative estimate of drug-likeness (QED) is 0.460. The minimum absolute atomic E-state index is 0.295. The highest BCUT2D eigenvalue weighted by Gasteiger charge is 2.10. The highest BCUT2D eigenvalue weighted by atomic mass is 16.2. The molecule has 0 atom stereocenters. The van der Waals surface area contributed by atoms with Crippen LogP contribution in [0.1, 0.15) is 36.2 Å². The van der Waals surface area contributed by atoms with E-state index in [0.29, 0.717) is 18.0 Å². The molecule has 0 bridgehead atoms. The second-order valence-electron chi connectivity index (χ2n) is 4.64. The predicted molar refractivity (Wildman–Crippen MR) is 73.9 cm³/mol. The van der Waals surface area contributed by atoms with Gasteiger partial charge in [-0.3, -0.25) is 15.1 Å². The lowest BCUT2D eigenvalue weighted by Gasteiger charge is -2.25. The molecule has 0 saturated heterocycles. The molecule has 0 heterocycles. The third-order valence-electron chi connectivity index (χ3n) is 2.97.